The number of phenolic OH excluding ortho intramolecular Hbond substituents is 1. The molecule has 1 unspecified atom stereocenters. The van der Waals surface area contributed by atoms with Crippen LogP contribution in [0.25, 0.3) is 22.4 Å². The molecule has 5 N–H and O–H groups in total. The maximum Gasteiger partial charge on any atom is 0.242 e. The number of phenols is 1. The molecule has 0 amide bonds. The molecule has 9 nitrogen and oxygen atoms in total. The van der Waals surface area contributed by atoms with Gasteiger partial charge in [0, 0.05) is 47.0 Å². The third-order valence-corrected chi connectivity index (χ3v) is 5.98. The normalized spacial score (nSPS) is 22.2. The van der Waals surface area contributed by atoms with E-state index in [2.05, 4.69) is 63.7 Å². The summed E-state index contributed by atoms with van der Waals surface area (Å²) in [7, 11) is 0. The van der Waals surface area contributed by atoms with Gasteiger partial charge in [-0.15, -0.1) is 10.2 Å². The number of piperidine rings is 1. The van der Waals surface area contributed by atoms with Crippen molar-refractivity contribution >= 4 is 5.95 Å². The van der Waals surface area contributed by atoms with E-state index < -0.39 is 0 Å². The van der Waals surface area contributed by atoms with Gasteiger partial charge in [-0.25, -0.2) is 4.98 Å². The van der Waals surface area contributed by atoms with Gasteiger partial charge in [-0.05, 0) is 51.8 Å². The van der Waals surface area contributed by atoms with Gasteiger partial charge in [0.15, 0.2) is 0 Å². The minimum Gasteiger partial charge on any atom is -0.507 e. The van der Waals surface area contributed by atoms with Crippen molar-refractivity contribution < 1.29 is 10.2 Å². The zero-order chi connectivity index (χ0) is 22.2. The van der Waals surface area contributed by atoms with Gasteiger partial charge in [-0.1, -0.05) is 6.07 Å². The minimum atomic E-state index is -0.246. The van der Waals surface area contributed by atoms with Gasteiger partial charge in [0.25, 0.3) is 0 Å². The highest BCUT2D eigenvalue weighted by molar-refractivity contribution is 5.73. The van der Waals surface area contributed by atoms with Crippen molar-refractivity contribution in [1.29, 1.82) is 0 Å². The second kappa shape index (κ2) is 7.90. The second-order valence-corrected chi connectivity index (χ2v) is 9.36. The summed E-state index contributed by atoms with van der Waals surface area (Å²) in [4.78, 5) is 4.41. The van der Waals surface area contributed by atoms with Crippen LogP contribution in [0.5, 0.6) is 5.75 Å². The fraction of sp³-hybridized carbons (Fsp3) is 0.455. The molecule has 31 heavy (non-hydrogen) atoms. The van der Waals surface area contributed by atoms with Crippen molar-refractivity contribution in [3.63, 3.8) is 0 Å². The number of aliphatic hydroxyl groups is 1. The molecule has 2 aromatic heterocycles. The Labute approximate surface area is 181 Å². The average Bonchev–Trinajstić information content (AvgIpc) is 3.22. The third kappa shape index (κ3) is 4.38. The highest BCUT2D eigenvalue weighted by Crippen LogP contribution is 2.35. The van der Waals surface area contributed by atoms with E-state index >= 15 is 0 Å². The summed E-state index contributed by atoms with van der Waals surface area (Å²) < 4.78 is 0. The molecule has 4 rings (SSSR count). The first-order chi connectivity index (χ1) is 14.7. The SMILES string of the molecule is CC1(C)CC(Nc2ncc(-c3ccc(-c4cn[nH]c4)cc3O)nn2)[C@H](CO)C(C)(C)N1. The van der Waals surface area contributed by atoms with Gasteiger partial charge in [0.1, 0.15) is 11.4 Å². The number of aromatic hydroxyl groups is 1. The second-order valence-electron chi connectivity index (χ2n) is 9.36. The summed E-state index contributed by atoms with van der Waals surface area (Å²) >= 11 is 0. The van der Waals surface area contributed by atoms with E-state index in [4.69, 9.17) is 0 Å². The van der Waals surface area contributed by atoms with Crippen molar-refractivity contribution in [3.05, 3.63) is 36.8 Å². The molecule has 9 heteroatoms. The number of aliphatic hydroxyl groups excluding tert-OH is 1. The van der Waals surface area contributed by atoms with Gasteiger partial charge in [-0.3, -0.25) is 5.10 Å². The lowest BCUT2D eigenvalue weighted by molar-refractivity contribution is 0.0546. The predicted octanol–water partition coefficient (Wildman–Crippen LogP) is 2.57. The fourth-order valence-corrected chi connectivity index (χ4v) is 4.69. The first-order valence-electron chi connectivity index (χ1n) is 10.4. The zero-order valence-electron chi connectivity index (χ0n) is 18.2. The quantitative estimate of drug-likeness (QED) is 0.423. The molecule has 0 saturated carbocycles. The molecular weight excluding hydrogens is 394 g/mol. The third-order valence-electron chi connectivity index (χ3n) is 5.98. The lowest BCUT2D eigenvalue weighted by atomic mass is 9.71. The Morgan fingerprint density at radius 2 is 1.94 bits per heavy atom. The van der Waals surface area contributed by atoms with Crippen LogP contribution in [0.1, 0.15) is 34.1 Å². The summed E-state index contributed by atoms with van der Waals surface area (Å²) in [5, 5.41) is 42.6. The predicted molar refractivity (Wildman–Crippen MR) is 118 cm³/mol. The largest absolute Gasteiger partial charge is 0.507 e. The van der Waals surface area contributed by atoms with E-state index in [1.54, 1.807) is 30.7 Å². The van der Waals surface area contributed by atoms with E-state index in [0.29, 0.717) is 17.2 Å². The molecule has 1 aromatic carbocycles. The number of hydrogen-bond donors (Lipinski definition) is 5. The number of aromatic nitrogens is 5. The molecule has 1 fully saturated rings. The number of aromatic amines is 1. The van der Waals surface area contributed by atoms with Crippen LogP contribution < -0.4 is 10.6 Å². The summed E-state index contributed by atoms with van der Waals surface area (Å²) in [5.41, 5.74) is 2.42. The molecule has 1 aliphatic heterocycles. The van der Waals surface area contributed by atoms with Crippen LogP contribution >= 0.6 is 0 Å². The summed E-state index contributed by atoms with van der Waals surface area (Å²) in [6.07, 6.45) is 5.86. The van der Waals surface area contributed by atoms with Crippen LogP contribution in [0.3, 0.4) is 0 Å². The van der Waals surface area contributed by atoms with E-state index in [1.165, 1.54) is 0 Å². The number of benzene rings is 1. The first kappa shape index (κ1) is 21.2. The van der Waals surface area contributed by atoms with Gasteiger partial charge < -0.3 is 20.8 Å². The number of anilines is 1. The Morgan fingerprint density at radius 3 is 2.55 bits per heavy atom. The number of nitrogens with one attached hydrogen (secondary N) is 3. The highest BCUT2D eigenvalue weighted by atomic mass is 16.3. The van der Waals surface area contributed by atoms with Crippen LogP contribution in [0.15, 0.2) is 36.8 Å². The van der Waals surface area contributed by atoms with Gasteiger partial charge in [-0.2, -0.15) is 5.10 Å². The molecule has 0 bridgehead atoms. The topological polar surface area (TPSA) is 132 Å². The molecule has 3 heterocycles. The summed E-state index contributed by atoms with van der Waals surface area (Å²) in [6, 6.07) is 5.33. The van der Waals surface area contributed by atoms with E-state index in [0.717, 1.165) is 17.5 Å². The maximum absolute atomic E-state index is 10.5. The Kier molecular flexibility index (Phi) is 5.40. The highest BCUT2D eigenvalue weighted by Gasteiger charge is 2.45. The van der Waals surface area contributed by atoms with Crippen LogP contribution in [0.2, 0.25) is 0 Å². The smallest absolute Gasteiger partial charge is 0.242 e. The molecule has 164 valence electrons. The molecule has 1 saturated heterocycles. The van der Waals surface area contributed by atoms with Crippen LogP contribution in [0, 0.1) is 5.92 Å². The van der Waals surface area contributed by atoms with Gasteiger partial charge in [0.2, 0.25) is 5.95 Å². The van der Waals surface area contributed by atoms with Gasteiger partial charge >= 0.3 is 0 Å². The lowest BCUT2D eigenvalue weighted by Crippen LogP contribution is -2.66. The summed E-state index contributed by atoms with van der Waals surface area (Å²) in [6.45, 7) is 8.55. The number of rotatable bonds is 5. The van der Waals surface area contributed by atoms with E-state index in [1.807, 2.05) is 6.07 Å². The minimum absolute atomic E-state index is 0.00783. The Morgan fingerprint density at radius 1 is 1.13 bits per heavy atom. The first-order valence-corrected chi connectivity index (χ1v) is 10.4. The Bertz CT molecular complexity index is 1030. The van der Waals surface area contributed by atoms with Crippen molar-refractivity contribution in [3.8, 4) is 28.1 Å². The van der Waals surface area contributed by atoms with Crippen molar-refractivity contribution in [2.45, 2.75) is 51.2 Å². The monoisotopic (exact) mass is 423 g/mol. The van der Waals surface area contributed by atoms with Crippen LogP contribution in [-0.4, -0.2) is 59.3 Å². The molecule has 0 radical (unpaired) electrons. The fourth-order valence-electron chi connectivity index (χ4n) is 4.69. The molecule has 0 spiro atoms. The Hall–Kier alpha value is -3.04. The number of H-pyrrole nitrogens is 1. The average molecular weight is 424 g/mol. The molecule has 1 aliphatic rings. The lowest BCUT2D eigenvalue weighted by Gasteiger charge is -2.51. The Balaban J connectivity index is 1.53. The number of nitrogens with zero attached hydrogens (tertiary/aromatic N) is 4. The standard InChI is InChI=1S/C22H29N7O2/c1-21(2)8-17(16(12-30)22(3,4)29-21)26-20-23-11-18(27-28-20)15-6-5-13(7-19(15)31)14-9-24-25-10-14/h5-7,9-11,16-17,29-31H,8,12H2,1-4H3,(H,24,25)(H,23,26,28)/t16-,17?/m0/s1. The van der Waals surface area contributed by atoms with Crippen molar-refractivity contribution in [2.75, 3.05) is 11.9 Å². The molecule has 3 aromatic rings. The molecule has 2 atom stereocenters. The van der Waals surface area contributed by atoms with Crippen molar-refractivity contribution in [2.24, 2.45) is 5.92 Å². The van der Waals surface area contributed by atoms with E-state index in [-0.39, 0.29) is 35.4 Å². The van der Waals surface area contributed by atoms with E-state index in [9.17, 15) is 10.2 Å². The van der Waals surface area contributed by atoms with Crippen molar-refractivity contribution in [1.82, 2.24) is 30.7 Å². The maximum atomic E-state index is 10.5. The van der Waals surface area contributed by atoms with Crippen LogP contribution in [-0.2, 0) is 0 Å². The van der Waals surface area contributed by atoms with Gasteiger partial charge in [0.05, 0.1) is 12.4 Å². The molecular formula is C22H29N7O2. The molecule has 0 aliphatic carbocycles. The number of hydrogen-bond acceptors (Lipinski definition) is 8. The van der Waals surface area contributed by atoms with Crippen LogP contribution in [0.4, 0.5) is 5.95 Å². The zero-order valence-corrected chi connectivity index (χ0v) is 18.2. The summed E-state index contributed by atoms with van der Waals surface area (Å²) in [5.74, 6) is 0.483.